The largest absolute Gasteiger partial charge is 0.456 e. The van der Waals surface area contributed by atoms with Crippen LogP contribution in [0.15, 0.2) is 120 Å². The van der Waals surface area contributed by atoms with Crippen molar-refractivity contribution in [2.45, 2.75) is 33.1 Å². The molecule has 3 aromatic carbocycles. The van der Waals surface area contributed by atoms with E-state index in [0.29, 0.717) is 29.0 Å². The maximum atomic E-state index is 13.7. The molecular formula is C38H40N2O6S. The number of amides is 2. The standard InChI is InChI=1S/C38H40N2O6S/c1-26(35-25-32-8-6-7-9-34(32)46-35)10-11-27(2)40-37(42)33(30-16-12-28(13-17-30)20-21-38(3,4)5)24-29-14-18-31(19-15-29)36(41)39-22-23-47(43,44)45/h6-21,25,33H,1-2,22-24H2,3-5H3,(H,39,41)(H,40,42)(H,43,44,45)/b11-10-,21-20+. The van der Waals surface area contributed by atoms with Crippen LogP contribution in [0.5, 0.6) is 0 Å². The van der Waals surface area contributed by atoms with Crippen molar-refractivity contribution in [2.24, 2.45) is 5.41 Å². The lowest BCUT2D eigenvalue weighted by molar-refractivity contribution is -0.121. The lowest BCUT2D eigenvalue weighted by Crippen LogP contribution is -2.29. The Labute approximate surface area is 276 Å². The van der Waals surface area contributed by atoms with E-state index in [0.717, 1.165) is 27.7 Å². The number of hydrogen-bond acceptors (Lipinski definition) is 5. The van der Waals surface area contributed by atoms with Crippen molar-refractivity contribution in [3.8, 4) is 0 Å². The van der Waals surface area contributed by atoms with Gasteiger partial charge in [-0.2, -0.15) is 8.42 Å². The van der Waals surface area contributed by atoms with Gasteiger partial charge < -0.3 is 15.1 Å². The second kappa shape index (κ2) is 15.1. The van der Waals surface area contributed by atoms with Crippen LogP contribution < -0.4 is 10.6 Å². The van der Waals surface area contributed by atoms with Gasteiger partial charge in [-0.3, -0.25) is 14.1 Å². The van der Waals surface area contributed by atoms with E-state index >= 15 is 0 Å². The van der Waals surface area contributed by atoms with Crippen LogP contribution in [0.1, 0.15) is 59.5 Å². The average Bonchev–Trinajstić information content (AvgIpc) is 3.46. The number of allylic oxidation sites excluding steroid dienone is 4. The summed E-state index contributed by atoms with van der Waals surface area (Å²) < 4.78 is 36.6. The molecule has 9 heteroatoms. The second-order valence-electron chi connectivity index (χ2n) is 12.4. The van der Waals surface area contributed by atoms with Crippen LogP contribution in [-0.2, 0) is 21.3 Å². The fourth-order valence-corrected chi connectivity index (χ4v) is 5.04. The Morgan fingerprint density at radius 3 is 2.28 bits per heavy atom. The number of fused-ring (bicyclic) bond motifs is 1. The molecule has 1 heterocycles. The summed E-state index contributed by atoms with van der Waals surface area (Å²) in [5, 5.41) is 6.35. The molecule has 0 aliphatic heterocycles. The Bertz CT molecular complexity index is 1890. The lowest BCUT2D eigenvalue weighted by Gasteiger charge is -2.18. The molecule has 0 fully saturated rings. The SMILES string of the molecule is C=C(/C=C\C(=C)c1cc2ccccc2o1)NC(=O)C(Cc1ccc(C(=O)NCCS(=O)(=O)O)cc1)c1ccc(/C=C/C(C)(C)C)cc1. The first kappa shape index (κ1) is 34.9. The quantitative estimate of drug-likeness (QED) is 0.103. The van der Waals surface area contributed by atoms with E-state index in [2.05, 4.69) is 56.7 Å². The van der Waals surface area contributed by atoms with Gasteiger partial charge in [0.15, 0.2) is 0 Å². The number of benzene rings is 3. The highest BCUT2D eigenvalue weighted by Crippen LogP contribution is 2.26. The minimum absolute atomic E-state index is 0.0320. The van der Waals surface area contributed by atoms with Gasteiger partial charge >= 0.3 is 0 Å². The van der Waals surface area contributed by atoms with Gasteiger partial charge in [0.25, 0.3) is 16.0 Å². The van der Waals surface area contributed by atoms with Crippen molar-refractivity contribution in [1.29, 1.82) is 0 Å². The monoisotopic (exact) mass is 652 g/mol. The predicted octanol–water partition coefficient (Wildman–Crippen LogP) is 7.34. The molecule has 1 atom stereocenters. The van der Waals surface area contributed by atoms with E-state index in [1.807, 2.05) is 54.6 Å². The topological polar surface area (TPSA) is 126 Å². The first-order valence-electron chi connectivity index (χ1n) is 15.1. The molecule has 3 N–H and O–H groups in total. The van der Waals surface area contributed by atoms with Crippen LogP contribution in [0.4, 0.5) is 0 Å². The summed E-state index contributed by atoms with van der Waals surface area (Å²) in [6.45, 7) is 14.3. The van der Waals surface area contributed by atoms with Gasteiger partial charge in [-0.15, -0.1) is 0 Å². The molecule has 0 spiro atoms. The fourth-order valence-electron chi connectivity index (χ4n) is 4.68. The molecule has 4 rings (SSSR count). The number of carbonyl (C=O) groups is 2. The van der Waals surface area contributed by atoms with E-state index in [1.165, 1.54) is 0 Å². The van der Waals surface area contributed by atoms with E-state index in [-0.39, 0.29) is 17.9 Å². The fraction of sp³-hybridized carbons (Fsp3) is 0.211. The maximum Gasteiger partial charge on any atom is 0.266 e. The van der Waals surface area contributed by atoms with Gasteiger partial charge in [-0.25, -0.2) is 0 Å². The van der Waals surface area contributed by atoms with Gasteiger partial charge in [0.05, 0.1) is 11.7 Å². The molecule has 0 aliphatic carbocycles. The van der Waals surface area contributed by atoms with Gasteiger partial charge in [-0.05, 0) is 64.9 Å². The minimum Gasteiger partial charge on any atom is -0.456 e. The van der Waals surface area contributed by atoms with Crippen molar-refractivity contribution in [2.75, 3.05) is 12.3 Å². The highest BCUT2D eigenvalue weighted by Gasteiger charge is 2.22. The Kier molecular flexibility index (Phi) is 11.2. The van der Waals surface area contributed by atoms with Crippen molar-refractivity contribution in [1.82, 2.24) is 10.6 Å². The van der Waals surface area contributed by atoms with Crippen LogP contribution in [0, 0.1) is 5.41 Å². The van der Waals surface area contributed by atoms with E-state index < -0.39 is 27.7 Å². The molecule has 0 saturated heterocycles. The zero-order valence-electron chi connectivity index (χ0n) is 26.8. The Morgan fingerprint density at radius 1 is 0.957 bits per heavy atom. The van der Waals surface area contributed by atoms with Crippen LogP contribution in [0.3, 0.4) is 0 Å². The number of furan rings is 1. The molecule has 1 unspecified atom stereocenters. The van der Waals surface area contributed by atoms with Gasteiger partial charge in [0, 0.05) is 28.8 Å². The molecule has 0 aliphatic rings. The molecular weight excluding hydrogens is 612 g/mol. The maximum absolute atomic E-state index is 13.7. The van der Waals surface area contributed by atoms with Crippen LogP contribution >= 0.6 is 0 Å². The van der Waals surface area contributed by atoms with Crippen LogP contribution in [0.25, 0.3) is 22.6 Å². The molecule has 0 saturated carbocycles. The summed E-state index contributed by atoms with van der Waals surface area (Å²) in [6.07, 6.45) is 7.95. The minimum atomic E-state index is -4.18. The van der Waals surface area contributed by atoms with Crippen molar-refractivity contribution in [3.05, 3.63) is 144 Å². The molecule has 4 aromatic rings. The molecule has 8 nitrogen and oxygen atoms in total. The normalized spacial score (nSPS) is 12.8. The Morgan fingerprint density at radius 2 is 1.64 bits per heavy atom. The molecule has 0 bridgehead atoms. The third-order valence-electron chi connectivity index (χ3n) is 7.24. The zero-order chi connectivity index (χ0) is 34.2. The number of hydrogen-bond donors (Lipinski definition) is 3. The number of carbonyl (C=O) groups excluding carboxylic acids is 2. The second-order valence-corrected chi connectivity index (χ2v) is 14.0. The first-order chi connectivity index (χ1) is 22.2. The third-order valence-corrected chi connectivity index (χ3v) is 7.96. The average molecular weight is 653 g/mol. The van der Waals surface area contributed by atoms with E-state index in [9.17, 15) is 18.0 Å². The van der Waals surface area contributed by atoms with Gasteiger partial charge in [0.2, 0.25) is 5.91 Å². The summed E-state index contributed by atoms with van der Waals surface area (Å²) in [5.41, 5.74) is 4.78. The van der Waals surface area contributed by atoms with Crippen molar-refractivity contribution < 1.29 is 27.0 Å². The van der Waals surface area contributed by atoms with E-state index in [1.54, 1.807) is 36.4 Å². The number of para-hydroxylation sites is 1. The predicted molar refractivity (Wildman–Crippen MR) is 188 cm³/mol. The molecule has 244 valence electrons. The highest BCUT2D eigenvalue weighted by atomic mass is 32.2. The number of rotatable bonds is 13. The smallest absolute Gasteiger partial charge is 0.266 e. The summed E-state index contributed by atoms with van der Waals surface area (Å²) >= 11 is 0. The number of nitrogens with one attached hydrogen (secondary N) is 2. The highest BCUT2D eigenvalue weighted by molar-refractivity contribution is 7.85. The third kappa shape index (κ3) is 10.8. The summed E-state index contributed by atoms with van der Waals surface area (Å²) in [6, 6.07) is 24.2. The van der Waals surface area contributed by atoms with Gasteiger partial charge in [-0.1, -0.05) is 101 Å². The van der Waals surface area contributed by atoms with E-state index in [4.69, 9.17) is 8.97 Å². The summed E-state index contributed by atoms with van der Waals surface area (Å²) in [5.74, 6) is -1.25. The Hall–Kier alpha value is -4.99. The zero-order valence-corrected chi connectivity index (χ0v) is 27.6. The summed E-state index contributed by atoms with van der Waals surface area (Å²) in [4.78, 5) is 26.1. The molecule has 47 heavy (non-hydrogen) atoms. The van der Waals surface area contributed by atoms with Crippen LogP contribution in [-0.4, -0.2) is 37.1 Å². The first-order valence-corrected chi connectivity index (χ1v) is 16.7. The van der Waals surface area contributed by atoms with Crippen LogP contribution in [0.2, 0.25) is 0 Å². The van der Waals surface area contributed by atoms with Gasteiger partial charge in [0.1, 0.15) is 11.3 Å². The van der Waals surface area contributed by atoms with Crippen molar-refractivity contribution >= 4 is 44.6 Å². The Balaban J connectivity index is 1.49. The van der Waals surface area contributed by atoms with Crippen molar-refractivity contribution in [3.63, 3.8) is 0 Å². The summed E-state index contributed by atoms with van der Waals surface area (Å²) in [7, 11) is -4.18. The lowest BCUT2D eigenvalue weighted by atomic mass is 9.89. The molecule has 0 radical (unpaired) electrons. The molecule has 1 aromatic heterocycles. The molecule has 2 amide bonds.